The maximum Gasteiger partial charge on any atom is 0.216 e. The van der Waals surface area contributed by atoms with Crippen LogP contribution in [-0.2, 0) is 17.8 Å². The van der Waals surface area contributed by atoms with Crippen molar-refractivity contribution in [2.24, 2.45) is 0 Å². The fourth-order valence-corrected chi connectivity index (χ4v) is 2.96. The number of aromatic nitrogens is 1. The molecule has 0 bridgehead atoms. The minimum absolute atomic E-state index is 0.000560. The summed E-state index contributed by atoms with van der Waals surface area (Å²) in [6.45, 7) is 3.00. The highest BCUT2D eigenvalue weighted by Crippen LogP contribution is 2.27. The maximum atomic E-state index is 11.1. The van der Waals surface area contributed by atoms with Crippen molar-refractivity contribution in [1.82, 2.24) is 9.88 Å². The van der Waals surface area contributed by atoms with Gasteiger partial charge in [-0.05, 0) is 35.7 Å². The van der Waals surface area contributed by atoms with Gasteiger partial charge >= 0.3 is 0 Å². The molecule has 124 valence electrons. The van der Waals surface area contributed by atoms with Gasteiger partial charge in [0.2, 0.25) is 5.91 Å². The number of rotatable bonds is 6. The van der Waals surface area contributed by atoms with Crippen LogP contribution in [0.15, 0.2) is 54.7 Å². The standard InChI is InChI=1S/C20H22N2O2/c1-15(23)21-11-10-17-14-22(13-16-6-4-3-5-7-16)20-9-8-18(24-2)12-19(17)20/h3-9,12,14H,10-11,13H2,1-2H3,(H,21,23). The number of nitrogens with zero attached hydrogens (tertiary/aromatic N) is 1. The van der Waals surface area contributed by atoms with E-state index < -0.39 is 0 Å². The third-order valence-corrected chi connectivity index (χ3v) is 4.13. The van der Waals surface area contributed by atoms with E-state index >= 15 is 0 Å². The van der Waals surface area contributed by atoms with Crippen LogP contribution < -0.4 is 10.1 Å². The van der Waals surface area contributed by atoms with E-state index in [4.69, 9.17) is 4.74 Å². The molecule has 3 aromatic rings. The molecule has 0 saturated heterocycles. The summed E-state index contributed by atoms with van der Waals surface area (Å²) in [7, 11) is 1.68. The summed E-state index contributed by atoms with van der Waals surface area (Å²) in [6, 6.07) is 16.6. The summed E-state index contributed by atoms with van der Waals surface area (Å²) in [4.78, 5) is 11.1. The summed E-state index contributed by atoms with van der Waals surface area (Å²) in [5.74, 6) is 0.848. The van der Waals surface area contributed by atoms with Crippen LogP contribution in [0.4, 0.5) is 0 Å². The Hall–Kier alpha value is -2.75. The van der Waals surface area contributed by atoms with Crippen molar-refractivity contribution in [1.29, 1.82) is 0 Å². The molecule has 0 aliphatic carbocycles. The van der Waals surface area contributed by atoms with E-state index in [1.54, 1.807) is 14.0 Å². The van der Waals surface area contributed by atoms with E-state index in [0.29, 0.717) is 6.54 Å². The lowest BCUT2D eigenvalue weighted by atomic mass is 10.1. The zero-order valence-electron chi connectivity index (χ0n) is 14.1. The van der Waals surface area contributed by atoms with Gasteiger partial charge in [-0.25, -0.2) is 0 Å². The molecule has 4 heteroatoms. The minimum atomic E-state index is 0.000560. The third-order valence-electron chi connectivity index (χ3n) is 4.13. The number of ether oxygens (including phenoxy) is 1. The summed E-state index contributed by atoms with van der Waals surface area (Å²) in [5, 5.41) is 4.04. The molecule has 1 N–H and O–H groups in total. The molecule has 0 fully saturated rings. The van der Waals surface area contributed by atoms with Crippen LogP contribution >= 0.6 is 0 Å². The molecule has 0 unspecified atom stereocenters. The largest absolute Gasteiger partial charge is 0.497 e. The molecule has 0 radical (unpaired) electrons. The number of carbonyl (C=O) groups is 1. The van der Waals surface area contributed by atoms with Crippen LogP contribution in [0.2, 0.25) is 0 Å². The number of hydrogen-bond donors (Lipinski definition) is 1. The minimum Gasteiger partial charge on any atom is -0.497 e. The second-order valence-electron chi connectivity index (χ2n) is 5.88. The molecule has 4 nitrogen and oxygen atoms in total. The Bertz CT molecular complexity index is 837. The van der Waals surface area contributed by atoms with Gasteiger partial charge in [0.1, 0.15) is 5.75 Å². The second-order valence-corrected chi connectivity index (χ2v) is 5.88. The first-order valence-corrected chi connectivity index (χ1v) is 8.11. The first-order valence-electron chi connectivity index (χ1n) is 8.11. The number of benzene rings is 2. The SMILES string of the molecule is COc1ccc2c(c1)c(CCNC(C)=O)cn2Cc1ccccc1. The zero-order valence-corrected chi connectivity index (χ0v) is 14.1. The summed E-state index contributed by atoms with van der Waals surface area (Å²) in [6.07, 6.45) is 2.98. The first-order chi connectivity index (χ1) is 11.7. The lowest BCUT2D eigenvalue weighted by molar-refractivity contribution is -0.118. The van der Waals surface area contributed by atoms with Gasteiger partial charge in [-0.15, -0.1) is 0 Å². The first kappa shape index (κ1) is 16.1. The number of carbonyl (C=O) groups excluding carboxylic acids is 1. The van der Waals surface area contributed by atoms with Crippen LogP contribution in [-0.4, -0.2) is 24.1 Å². The van der Waals surface area contributed by atoms with Gasteiger partial charge < -0.3 is 14.6 Å². The van der Waals surface area contributed by atoms with Crippen molar-refractivity contribution in [3.8, 4) is 5.75 Å². The summed E-state index contributed by atoms with van der Waals surface area (Å²) in [5.41, 5.74) is 3.66. The fourth-order valence-electron chi connectivity index (χ4n) is 2.96. The topological polar surface area (TPSA) is 43.3 Å². The zero-order chi connectivity index (χ0) is 16.9. The normalized spacial score (nSPS) is 10.8. The van der Waals surface area contributed by atoms with E-state index in [1.165, 1.54) is 22.0 Å². The quantitative estimate of drug-likeness (QED) is 0.756. The number of methoxy groups -OCH3 is 1. The third kappa shape index (κ3) is 3.59. The molecule has 0 atom stereocenters. The van der Waals surface area contributed by atoms with Gasteiger partial charge in [-0.1, -0.05) is 30.3 Å². The molecule has 3 rings (SSSR count). The Labute approximate surface area is 142 Å². The Balaban J connectivity index is 1.94. The molecular formula is C20H22N2O2. The Morgan fingerprint density at radius 2 is 1.96 bits per heavy atom. The van der Waals surface area contributed by atoms with Crippen molar-refractivity contribution in [2.45, 2.75) is 19.9 Å². The summed E-state index contributed by atoms with van der Waals surface area (Å²) >= 11 is 0. The highest BCUT2D eigenvalue weighted by Gasteiger charge is 2.10. The monoisotopic (exact) mass is 322 g/mol. The lowest BCUT2D eigenvalue weighted by Gasteiger charge is -2.06. The Morgan fingerprint density at radius 1 is 1.17 bits per heavy atom. The molecular weight excluding hydrogens is 300 g/mol. The Kier molecular flexibility index (Phi) is 4.85. The lowest BCUT2D eigenvalue weighted by Crippen LogP contribution is -2.22. The summed E-state index contributed by atoms with van der Waals surface area (Å²) < 4.78 is 7.63. The van der Waals surface area contributed by atoms with E-state index in [0.717, 1.165) is 18.7 Å². The van der Waals surface area contributed by atoms with Gasteiger partial charge in [-0.2, -0.15) is 0 Å². The van der Waals surface area contributed by atoms with Gasteiger partial charge in [-0.3, -0.25) is 4.79 Å². The van der Waals surface area contributed by atoms with Crippen LogP contribution in [0.25, 0.3) is 10.9 Å². The van der Waals surface area contributed by atoms with Gasteiger partial charge in [0.05, 0.1) is 7.11 Å². The van der Waals surface area contributed by atoms with Crippen LogP contribution in [0, 0.1) is 0 Å². The molecule has 1 amide bonds. The van der Waals surface area contributed by atoms with Gasteiger partial charge in [0, 0.05) is 37.1 Å². The van der Waals surface area contributed by atoms with Crippen molar-refractivity contribution in [2.75, 3.05) is 13.7 Å². The van der Waals surface area contributed by atoms with E-state index in [-0.39, 0.29) is 5.91 Å². The average molecular weight is 322 g/mol. The number of nitrogens with one attached hydrogen (secondary N) is 1. The molecule has 1 aromatic heterocycles. The van der Waals surface area contributed by atoms with Crippen LogP contribution in [0.1, 0.15) is 18.1 Å². The fraction of sp³-hybridized carbons (Fsp3) is 0.250. The molecule has 0 spiro atoms. The number of amides is 1. The van der Waals surface area contributed by atoms with Crippen LogP contribution in [0.3, 0.4) is 0 Å². The van der Waals surface area contributed by atoms with E-state index in [9.17, 15) is 4.79 Å². The van der Waals surface area contributed by atoms with Crippen molar-refractivity contribution >= 4 is 16.8 Å². The second kappa shape index (κ2) is 7.21. The van der Waals surface area contributed by atoms with Crippen molar-refractivity contribution < 1.29 is 9.53 Å². The highest BCUT2D eigenvalue weighted by atomic mass is 16.5. The highest BCUT2D eigenvalue weighted by molar-refractivity contribution is 5.85. The van der Waals surface area contributed by atoms with E-state index in [1.807, 2.05) is 12.1 Å². The van der Waals surface area contributed by atoms with Crippen molar-refractivity contribution in [3.63, 3.8) is 0 Å². The molecule has 24 heavy (non-hydrogen) atoms. The number of hydrogen-bond acceptors (Lipinski definition) is 2. The smallest absolute Gasteiger partial charge is 0.216 e. The average Bonchev–Trinajstić information content (AvgIpc) is 2.92. The predicted octanol–water partition coefficient (Wildman–Crippen LogP) is 3.38. The number of fused-ring (bicyclic) bond motifs is 1. The molecule has 1 heterocycles. The van der Waals surface area contributed by atoms with Gasteiger partial charge in [0.15, 0.2) is 0 Å². The molecule has 2 aromatic carbocycles. The van der Waals surface area contributed by atoms with Gasteiger partial charge in [0.25, 0.3) is 0 Å². The molecule has 0 aliphatic rings. The van der Waals surface area contributed by atoms with Crippen LogP contribution in [0.5, 0.6) is 5.75 Å². The maximum absolute atomic E-state index is 11.1. The Morgan fingerprint density at radius 3 is 2.67 bits per heavy atom. The molecule has 0 aliphatic heterocycles. The predicted molar refractivity (Wildman–Crippen MR) is 96.4 cm³/mol. The van der Waals surface area contributed by atoms with E-state index in [2.05, 4.69) is 52.5 Å². The molecule has 0 saturated carbocycles. The van der Waals surface area contributed by atoms with Crippen molar-refractivity contribution in [3.05, 3.63) is 65.9 Å².